The molecule has 32 heavy (non-hydrogen) atoms. The Morgan fingerprint density at radius 1 is 1.38 bits per heavy atom. The molecule has 160 valence electrons. The molecule has 1 atom stereocenters. The first-order chi connectivity index (χ1) is 15.4. The van der Waals surface area contributed by atoms with Crippen LogP contribution in [-0.2, 0) is 15.0 Å². The van der Waals surface area contributed by atoms with Crippen molar-refractivity contribution in [3.8, 4) is 11.9 Å². The lowest BCUT2D eigenvalue weighted by molar-refractivity contribution is -0.130. The SMILES string of the molecule is CC(C#N)C(=N)C(=O)CN1C(=O)C2(CC(Oc3ccc4[nH]ncc4n3)C2)c2ccccc21. The summed E-state index contributed by atoms with van der Waals surface area (Å²) in [5, 5.41) is 23.7. The van der Waals surface area contributed by atoms with Crippen molar-refractivity contribution in [3.05, 3.63) is 48.2 Å². The van der Waals surface area contributed by atoms with Gasteiger partial charge in [0.25, 0.3) is 0 Å². The Labute approximate surface area is 183 Å². The molecule has 0 bridgehead atoms. The quantitative estimate of drug-likeness (QED) is 0.579. The lowest BCUT2D eigenvalue weighted by Crippen LogP contribution is -2.54. The van der Waals surface area contributed by atoms with Gasteiger partial charge in [-0.25, -0.2) is 4.98 Å². The molecular formula is C23H20N6O3. The molecule has 9 nitrogen and oxygen atoms in total. The number of para-hydroxylation sites is 1. The fourth-order valence-corrected chi connectivity index (χ4v) is 4.53. The molecule has 2 N–H and O–H groups in total. The van der Waals surface area contributed by atoms with Gasteiger partial charge < -0.3 is 15.0 Å². The van der Waals surface area contributed by atoms with E-state index < -0.39 is 17.1 Å². The Balaban J connectivity index is 1.35. The van der Waals surface area contributed by atoms with E-state index in [1.807, 2.05) is 36.4 Å². The average Bonchev–Trinajstić information content (AvgIpc) is 3.34. The van der Waals surface area contributed by atoms with Gasteiger partial charge in [-0.3, -0.25) is 14.7 Å². The van der Waals surface area contributed by atoms with E-state index in [0.29, 0.717) is 29.9 Å². The van der Waals surface area contributed by atoms with Crippen LogP contribution in [0.2, 0.25) is 0 Å². The smallest absolute Gasteiger partial charge is 0.238 e. The van der Waals surface area contributed by atoms with Crippen LogP contribution < -0.4 is 9.64 Å². The Bertz CT molecular complexity index is 1300. The number of H-pyrrole nitrogens is 1. The normalized spacial score (nSPS) is 22.3. The summed E-state index contributed by atoms with van der Waals surface area (Å²) >= 11 is 0. The van der Waals surface area contributed by atoms with Crippen LogP contribution >= 0.6 is 0 Å². The van der Waals surface area contributed by atoms with Crippen LogP contribution in [0.3, 0.4) is 0 Å². The molecule has 5 rings (SSSR count). The molecule has 2 aliphatic rings. The molecule has 1 saturated carbocycles. The summed E-state index contributed by atoms with van der Waals surface area (Å²) in [5.74, 6) is -1.03. The number of nitrogens with zero attached hydrogens (tertiary/aromatic N) is 4. The predicted octanol–water partition coefficient (Wildman–Crippen LogP) is 2.53. The van der Waals surface area contributed by atoms with Crippen molar-refractivity contribution < 1.29 is 14.3 Å². The molecular weight excluding hydrogens is 408 g/mol. The number of aromatic amines is 1. The Morgan fingerprint density at radius 2 is 2.16 bits per heavy atom. The Kier molecular flexibility index (Phi) is 4.51. The summed E-state index contributed by atoms with van der Waals surface area (Å²) in [5.41, 5.74) is 2.05. The van der Waals surface area contributed by atoms with Gasteiger partial charge in [0.2, 0.25) is 11.8 Å². The van der Waals surface area contributed by atoms with Gasteiger partial charge in [0.15, 0.2) is 5.78 Å². The predicted molar refractivity (Wildman–Crippen MR) is 116 cm³/mol. The zero-order chi connectivity index (χ0) is 22.5. The number of rotatable bonds is 6. The summed E-state index contributed by atoms with van der Waals surface area (Å²) in [6.45, 7) is 1.26. The minimum absolute atomic E-state index is 0.164. The van der Waals surface area contributed by atoms with Crippen molar-refractivity contribution in [1.29, 1.82) is 10.7 Å². The highest BCUT2D eigenvalue weighted by Gasteiger charge is 2.59. The van der Waals surface area contributed by atoms with Gasteiger partial charge in [-0.15, -0.1) is 0 Å². The molecule has 1 aromatic carbocycles. The molecule has 0 radical (unpaired) electrons. The van der Waals surface area contributed by atoms with Crippen LogP contribution in [0.4, 0.5) is 5.69 Å². The highest BCUT2D eigenvalue weighted by Crippen LogP contribution is 2.54. The first kappa shape index (κ1) is 19.9. The van der Waals surface area contributed by atoms with Crippen LogP contribution in [-0.4, -0.2) is 45.2 Å². The number of fused-ring (bicyclic) bond motifs is 3. The maximum absolute atomic E-state index is 13.5. The summed E-state index contributed by atoms with van der Waals surface area (Å²) in [7, 11) is 0. The van der Waals surface area contributed by atoms with Crippen LogP contribution in [0.1, 0.15) is 25.3 Å². The molecule has 1 fully saturated rings. The second kappa shape index (κ2) is 7.27. The van der Waals surface area contributed by atoms with Crippen molar-refractivity contribution >= 4 is 34.1 Å². The highest BCUT2D eigenvalue weighted by molar-refractivity contribution is 6.41. The molecule has 1 amide bonds. The summed E-state index contributed by atoms with van der Waals surface area (Å²) in [4.78, 5) is 31.9. The third-order valence-corrected chi connectivity index (χ3v) is 6.30. The molecule has 2 aromatic heterocycles. The van der Waals surface area contributed by atoms with E-state index in [9.17, 15) is 9.59 Å². The zero-order valence-corrected chi connectivity index (χ0v) is 17.3. The maximum atomic E-state index is 13.5. The van der Waals surface area contributed by atoms with E-state index in [1.54, 1.807) is 12.3 Å². The first-order valence-corrected chi connectivity index (χ1v) is 10.3. The van der Waals surface area contributed by atoms with Crippen LogP contribution in [0.25, 0.3) is 11.0 Å². The lowest BCUT2D eigenvalue weighted by Gasteiger charge is -2.43. The van der Waals surface area contributed by atoms with E-state index in [0.717, 1.165) is 11.1 Å². The van der Waals surface area contributed by atoms with Gasteiger partial charge in [0.1, 0.15) is 11.6 Å². The van der Waals surface area contributed by atoms with E-state index in [-0.39, 0.29) is 24.3 Å². The monoisotopic (exact) mass is 428 g/mol. The Hall–Kier alpha value is -4.06. The molecule has 0 saturated heterocycles. The molecule has 3 aromatic rings. The second-order valence-corrected chi connectivity index (χ2v) is 8.28. The average molecular weight is 428 g/mol. The maximum Gasteiger partial charge on any atom is 0.238 e. The number of benzene rings is 1. The molecule has 9 heteroatoms. The van der Waals surface area contributed by atoms with Gasteiger partial charge in [0.05, 0.1) is 41.4 Å². The largest absolute Gasteiger partial charge is 0.474 e. The number of nitrogens with one attached hydrogen (secondary N) is 2. The third kappa shape index (κ3) is 2.95. The number of ether oxygens (including phenoxy) is 1. The molecule has 3 heterocycles. The van der Waals surface area contributed by atoms with E-state index in [2.05, 4.69) is 15.2 Å². The van der Waals surface area contributed by atoms with Gasteiger partial charge in [0, 0.05) is 24.6 Å². The van der Waals surface area contributed by atoms with Gasteiger partial charge in [-0.05, 0) is 24.6 Å². The number of anilines is 1. The van der Waals surface area contributed by atoms with E-state index >= 15 is 0 Å². The Morgan fingerprint density at radius 3 is 2.94 bits per heavy atom. The number of pyridine rings is 1. The fourth-order valence-electron chi connectivity index (χ4n) is 4.53. The number of Topliss-reactive ketones (excluding diaryl/α,β-unsaturated/α-hetero) is 1. The fraction of sp³-hybridized carbons (Fsp3) is 0.304. The van der Waals surface area contributed by atoms with Gasteiger partial charge in [-0.1, -0.05) is 18.2 Å². The summed E-state index contributed by atoms with van der Waals surface area (Å²) < 4.78 is 6.02. The van der Waals surface area contributed by atoms with Crippen molar-refractivity contribution in [1.82, 2.24) is 15.2 Å². The van der Waals surface area contributed by atoms with Crippen molar-refractivity contribution in [3.63, 3.8) is 0 Å². The summed E-state index contributed by atoms with van der Waals surface area (Å²) in [6, 6.07) is 12.9. The van der Waals surface area contributed by atoms with Crippen LogP contribution in [0, 0.1) is 22.7 Å². The van der Waals surface area contributed by atoms with Gasteiger partial charge >= 0.3 is 0 Å². The van der Waals surface area contributed by atoms with Crippen molar-refractivity contribution in [2.75, 3.05) is 11.4 Å². The topological polar surface area (TPSA) is 136 Å². The molecule has 1 aliphatic carbocycles. The number of hydrogen-bond donors (Lipinski definition) is 2. The lowest BCUT2D eigenvalue weighted by atomic mass is 9.63. The number of carbonyl (C=O) groups excluding carboxylic acids is 2. The third-order valence-electron chi connectivity index (χ3n) is 6.30. The number of ketones is 1. The number of carbonyl (C=O) groups is 2. The van der Waals surface area contributed by atoms with Gasteiger partial charge in [-0.2, -0.15) is 10.4 Å². The number of amides is 1. The van der Waals surface area contributed by atoms with E-state index in [1.165, 1.54) is 11.8 Å². The summed E-state index contributed by atoms with van der Waals surface area (Å²) in [6.07, 6.45) is 2.40. The first-order valence-electron chi connectivity index (χ1n) is 10.3. The number of hydrogen-bond acceptors (Lipinski definition) is 7. The highest BCUT2D eigenvalue weighted by atomic mass is 16.5. The van der Waals surface area contributed by atoms with Crippen molar-refractivity contribution in [2.24, 2.45) is 5.92 Å². The molecule has 1 spiro atoms. The molecule has 1 unspecified atom stereocenters. The van der Waals surface area contributed by atoms with Crippen LogP contribution in [0.15, 0.2) is 42.6 Å². The number of aromatic nitrogens is 3. The minimum Gasteiger partial charge on any atom is -0.474 e. The number of nitriles is 1. The molecule has 1 aliphatic heterocycles. The van der Waals surface area contributed by atoms with E-state index in [4.69, 9.17) is 15.4 Å². The standard InChI is InChI=1S/C23H20N6O3/c1-13(10-24)21(25)19(30)12-29-18-5-3-2-4-15(18)23(22(29)31)8-14(9-23)32-20-7-6-16-17(27-20)11-26-28-16/h2-7,11,13-14,25H,8-9,12H2,1H3,(H,26,28). The minimum atomic E-state index is -0.814. The van der Waals surface area contributed by atoms with Crippen molar-refractivity contribution in [2.45, 2.75) is 31.3 Å². The second-order valence-electron chi connectivity index (χ2n) is 8.28. The van der Waals surface area contributed by atoms with Crippen LogP contribution in [0.5, 0.6) is 5.88 Å². The zero-order valence-electron chi connectivity index (χ0n) is 17.3.